The standard InChI is InChI=1S/C10H18O5/c1-3-5-8-14-15-10(12)7-6-9(11)13-4-2/h3-8H2,1-2H3. The van der Waals surface area contributed by atoms with E-state index >= 15 is 0 Å². The molecule has 0 aromatic rings. The van der Waals surface area contributed by atoms with Crippen molar-refractivity contribution in [2.24, 2.45) is 0 Å². The minimum absolute atomic E-state index is 0.00897. The lowest BCUT2D eigenvalue weighted by Crippen LogP contribution is -2.10. The molecular weight excluding hydrogens is 200 g/mol. The van der Waals surface area contributed by atoms with Crippen LogP contribution < -0.4 is 0 Å². The summed E-state index contributed by atoms with van der Waals surface area (Å²) in [6.45, 7) is 4.43. The van der Waals surface area contributed by atoms with Gasteiger partial charge in [-0.05, 0) is 13.3 Å². The fourth-order valence-corrected chi connectivity index (χ4v) is 0.790. The molecule has 0 bridgehead atoms. The molecule has 0 aliphatic heterocycles. The highest BCUT2D eigenvalue weighted by atomic mass is 17.2. The third kappa shape index (κ3) is 9.21. The minimum atomic E-state index is -0.542. The summed E-state index contributed by atoms with van der Waals surface area (Å²) < 4.78 is 4.65. The number of hydrogen-bond donors (Lipinski definition) is 0. The zero-order valence-corrected chi connectivity index (χ0v) is 9.28. The average Bonchev–Trinajstić information content (AvgIpc) is 2.22. The molecule has 0 fully saturated rings. The maximum atomic E-state index is 11.0. The lowest BCUT2D eigenvalue weighted by atomic mass is 10.3. The second-order valence-electron chi connectivity index (χ2n) is 2.94. The van der Waals surface area contributed by atoms with E-state index in [1.165, 1.54) is 0 Å². The van der Waals surface area contributed by atoms with Crippen molar-refractivity contribution in [2.75, 3.05) is 13.2 Å². The molecule has 15 heavy (non-hydrogen) atoms. The van der Waals surface area contributed by atoms with Crippen molar-refractivity contribution >= 4 is 11.9 Å². The highest BCUT2D eigenvalue weighted by Crippen LogP contribution is 1.97. The summed E-state index contributed by atoms with van der Waals surface area (Å²) in [5.41, 5.74) is 0. The average molecular weight is 218 g/mol. The molecule has 0 heterocycles. The Morgan fingerprint density at radius 1 is 1.07 bits per heavy atom. The van der Waals surface area contributed by atoms with E-state index in [4.69, 9.17) is 0 Å². The van der Waals surface area contributed by atoms with Gasteiger partial charge in [0, 0.05) is 0 Å². The van der Waals surface area contributed by atoms with Crippen LogP contribution in [0.15, 0.2) is 0 Å². The van der Waals surface area contributed by atoms with Crippen molar-refractivity contribution in [1.82, 2.24) is 0 Å². The smallest absolute Gasteiger partial charge is 0.342 e. The number of carbonyl (C=O) groups is 2. The summed E-state index contributed by atoms with van der Waals surface area (Å²) in [7, 11) is 0. The quantitative estimate of drug-likeness (QED) is 0.268. The summed E-state index contributed by atoms with van der Waals surface area (Å²) in [6.07, 6.45) is 1.83. The third-order valence-corrected chi connectivity index (χ3v) is 1.57. The van der Waals surface area contributed by atoms with Crippen molar-refractivity contribution in [1.29, 1.82) is 0 Å². The normalized spacial score (nSPS) is 9.73. The molecule has 0 saturated heterocycles. The van der Waals surface area contributed by atoms with Gasteiger partial charge in [0.25, 0.3) is 0 Å². The summed E-state index contributed by atoms with van der Waals surface area (Å²) in [6, 6.07) is 0. The Labute approximate surface area is 89.6 Å². The molecule has 5 nitrogen and oxygen atoms in total. The molecule has 0 radical (unpaired) electrons. The van der Waals surface area contributed by atoms with Crippen LogP contribution >= 0.6 is 0 Å². The van der Waals surface area contributed by atoms with Gasteiger partial charge in [-0.2, -0.15) is 4.89 Å². The number of unbranched alkanes of at least 4 members (excludes halogenated alkanes) is 1. The summed E-state index contributed by atoms with van der Waals surface area (Å²) in [5, 5.41) is 0. The van der Waals surface area contributed by atoms with Crippen LogP contribution in [0.2, 0.25) is 0 Å². The molecule has 0 unspecified atom stereocenters. The SMILES string of the molecule is CCCCOOC(=O)CCC(=O)OCC. The Balaban J connectivity index is 3.36. The van der Waals surface area contributed by atoms with Gasteiger partial charge in [-0.3, -0.25) is 9.68 Å². The van der Waals surface area contributed by atoms with Gasteiger partial charge >= 0.3 is 11.9 Å². The van der Waals surface area contributed by atoms with Crippen LogP contribution in [0.25, 0.3) is 0 Å². The van der Waals surface area contributed by atoms with Crippen LogP contribution in [0.1, 0.15) is 39.5 Å². The molecule has 0 aromatic carbocycles. The Hall–Kier alpha value is -1.10. The fourth-order valence-electron chi connectivity index (χ4n) is 0.790. The van der Waals surface area contributed by atoms with Gasteiger partial charge in [0.1, 0.15) is 0 Å². The van der Waals surface area contributed by atoms with Crippen LogP contribution in [-0.4, -0.2) is 25.2 Å². The molecule has 0 amide bonds. The van der Waals surface area contributed by atoms with Gasteiger partial charge in [-0.1, -0.05) is 13.3 Å². The Kier molecular flexibility index (Phi) is 8.76. The number of hydrogen-bond acceptors (Lipinski definition) is 5. The fraction of sp³-hybridized carbons (Fsp3) is 0.800. The second kappa shape index (κ2) is 9.45. The van der Waals surface area contributed by atoms with Crippen LogP contribution in [-0.2, 0) is 24.1 Å². The highest BCUT2D eigenvalue weighted by molar-refractivity contribution is 5.77. The molecule has 5 heteroatoms. The Morgan fingerprint density at radius 3 is 2.33 bits per heavy atom. The first-order chi connectivity index (χ1) is 7.20. The predicted octanol–water partition coefficient (Wildman–Crippen LogP) is 1.60. The van der Waals surface area contributed by atoms with Gasteiger partial charge < -0.3 is 4.74 Å². The topological polar surface area (TPSA) is 61.8 Å². The van der Waals surface area contributed by atoms with E-state index in [9.17, 15) is 9.59 Å². The predicted molar refractivity (Wildman–Crippen MR) is 52.8 cm³/mol. The van der Waals surface area contributed by atoms with Gasteiger partial charge in [0.05, 0.1) is 26.1 Å². The number of esters is 1. The zero-order chi connectivity index (χ0) is 11.5. The molecule has 0 atom stereocenters. The first-order valence-electron chi connectivity index (χ1n) is 5.18. The summed E-state index contributed by atoms with van der Waals surface area (Å²) >= 11 is 0. The van der Waals surface area contributed by atoms with E-state index in [2.05, 4.69) is 14.5 Å². The van der Waals surface area contributed by atoms with Crippen LogP contribution in [0.3, 0.4) is 0 Å². The lowest BCUT2D eigenvalue weighted by molar-refractivity contribution is -0.272. The molecule has 88 valence electrons. The van der Waals surface area contributed by atoms with Gasteiger partial charge in [0.15, 0.2) is 0 Å². The first kappa shape index (κ1) is 13.9. The minimum Gasteiger partial charge on any atom is -0.466 e. The highest BCUT2D eigenvalue weighted by Gasteiger charge is 2.09. The number of carbonyl (C=O) groups excluding carboxylic acids is 2. The van der Waals surface area contributed by atoms with Crippen molar-refractivity contribution < 1.29 is 24.1 Å². The van der Waals surface area contributed by atoms with Crippen LogP contribution in [0.4, 0.5) is 0 Å². The van der Waals surface area contributed by atoms with Crippen LogP contribution in [0, 0.1) is 0 Å². The third-order valence-electron chi connectivity index (χ3n) is 1.57. The number of ether oxygens (including phenoxy) is 1. The van der Waals surface area contributed by atoms with Crippen molar-refractivity contribution in [3.63, 3.8) is 0 Å². The van der Waals surface area contributed by atoms with Crippen molar-refractivity contribution in [3.05, 3.63) is 0 Å². The van der Waals surface area contributed by atoms with Gasteiger partial charge in [0.2, 0.25) is 0 Å². The second-order valence-corrected chi connectivity index (χ2v) is 2.94. The Morgan fingerprint density at radius 2 is 1.73 bits per heavy atom. The monoisotopic (exact) mass is 218 g/mol. The molecule has 0 aromatic heterocycles. The maximum absolute atomic E-state index is 11.0. The van der Waals surface area contributed by atoms with Gasteiger partial charge in [-0.25, -0.2) is 4.79 Å². The van der Waals surface area contributed by atoms with Crippen molar-refractivity contribution in [3.8, 4) is 0 Å². The molecule has 0 spiro atoms. The molecule has 0 saturated carbocycles. The summed E-state index contributed by atoms with van der Waals surface area (Å²) in [4.78, 5) is 30.9. The lowest BCUT2D eigenvalue weighted by Gasteiger charge is -2.02. The maximum Gasteiger partial charge on any atom is 0.342 e. The van der Waals surface area contributed by atoms with E-state index in [0.29, 0.717) is 13.2 Å². The first-order valence-corrected chi connectivity index (χ1v) is 5.18. The van der Waals surface area contributed by atoms with E-state index in [1.54, 1.807) is 6.92 Å². The van der Waals surface area contributed by atoms with Crippen LogP contribution in [0.5, 0.6) is 0 Å². The Bertz CT molecular complexity index is 190. The van der Waals surface area contributed by atoms with E-state index in [1.807, 2.05) is 6.92 Å². The largest absolute Gasteiger partial charge is 0.466 e. The van der Waals surface area contributed by atoms with Gasteiger partial charge in [-0.15, -0.1) is 0 Å². The zero-order valence-electron chi connectivity index (χ0n) is 9.28. The van der Waals surface area contributed by atoms with E-state index in [0.717, 1.165) is 12.8 Å². The van der Waals surface area contributed by atoms with Crippen molar-refractivity contribution in [2.45, 2.75) is 39.5 Å². The molecule has 0 N–H and O–H groups in total. The van der Waals surface area contributed by atoms with E-state index in [-0.39, 0.29) is 12.8 Å². The molecule has 0 rings (SSSR count). The molecular formula is C10H18O5. The van der Waals surface area contributed by atoms with E-state index < -0.39 is 11.9 Å². The number of rotatable bonds is 8. The molecule has 0 aliphatic rings. The molecule has 0 aliphatic carbocycles. The summed E-state index contributed by atoms with van der Waals surface area (Å²) in [5.74, 6) is -0.942.